The highest BCUT2D eigenvalue weighted by atomic mass is 35.5. The summed E-state index contributed by atoms with van der Waals surface area (Å²) in [5.41, 5.74) is 5.31. The van der Waals surface area contributed by atoms with Crippen LogP contribution >= 0.6 is 11.6 Å². The average molecular weight is 666 g/mol. The third kappa shape index (κ3) is 9.42. The molecule has 3 aromatic carbocycles. The van der Waals surface area contributed by atoms with Crippen molar-refractivity contribution in [3.8, 4) is 0 Å². The molecule has 4 aromatic rings. The Bertz CT molecular complexity index is 1740. The summed E-state index contributed by atoms with van der Waals surface area (Å²) in [6.45, 7) is 0.989. The Morgan fingerprint density at radius 1 is 0.957 bits per heavy atom. The monoisotopic (exact) mass is 665 g/mol. The fourth-order valence-corrected chi connectivity index (χ4v) is 5.34. The van der Waals surface area contributed by atoms with E-state index in [9.17, 15) is 22.8 Å². The number of carbonyl (C=O) groups is 3. The van der Waals surface area contributed by atoms with Crippen molar-refractivity contribution >= 4 is 64.3 Å². The predicted molar refractivity (Wildman–Crippen MR) is 174 cm³/mol. The highest BCUT2D eigenvalue weighted by molar-refractivity contribution is 6.32. The average Bonchev–Trinajstić information content (AvgIpc) is 3.07. The molecule has 0 radical (unpaired) electrons. The van der Waals surface area contributed by atoms with E-state index in [-0.39, 0.29) is 17.9 Å². The molecule has 1 unspecified atom stereocenters. The van der Waals surface area contributed by atoms with Gasteiger partial charge in [0.25, 0.3) is 0 Å². The number of likely N-dealkylation sites (tertiary alicyclic amines) is 1. The highest BCUT2D eigenvalue weighted by Crippen LogP contribution is 2.30. The van der Waals surface area contributed by atoms with Crippen molar-refractivity contribution in [2.24, 2.45) is 5.92 Å². The summed E-state index contributed by atoms with van der Waals surface area (Å²) in [7, 11) is 0. The van der Waals surface area contributed by atoms with Gasteiger partial charge in [0.05, 0.1) is 12.1 Å². The van der Waals surface area contributed by atoms with Crippen molar-refractivity contribution in [1.29, 1.82) is 0 Å². The first kappa shape index (κ1) is 33.2. The number of aldehydes is 1. The fraction of sp³-hybridized carbons (Fsp3) is 0.242. The summed E-state index contributed by atoms with van der Waals surface area (Å²) < 4.78 is 31.2. The molecule has 0 aliphatic carbocycles. The predicted octanol–water partition coefficient (Wildman–Crippen LogP) is 7.35. The number of para-hydroxylation sites is 1. The van der Waals surface area contributed by atoms with Crippen LogP contribution in [-0.4, -0.2) is 52.4 Å². The summed E-state index contributed by atoms with van der Waals surface area (Å²) in [6, 6.07) is 23.1. The molecule has 1 atom stereocenters. The van der Waals surface area contributed by atoms with Gasteiger partial charge in [-0.1, -0.05) is 41.9 Å². The molecule has 4 N–H and O–H groups in total. The topological polar surface area (TPSA) is 128 Å². The largest absolute Gasteiger partial charge is 0.446 e. The number of aromatic nitrogens is 2. The maximum absolute atomic E-state index is 13.5. The molecular weight excluding hydrogens is 635 g/mol. The fourth-order valence-electron chi connectivity index (χ4n) is 5.20. The lowest BCUT2D eigenvalue weighted by atomic mass is 9.96. The standard InChI is InChI=1S/C31H30ClN7O2.C2HF3O/c32-26-18-33-30-35-24-10-4-6-20(16-24)11-12-21-17-25(34-28(26)38-30)13-14-27(21)37-29(40)22-7-5-15-39(19-22)31(41)36-23-8-2-1-3-9-23;3-2(4,5)1-6/h1-4,6,8-10,13-14,16-18,22H,5,7,11-12,15,19H2,(H,36,41)(H,37,40)(H2,33,34,35,38);1H. The molecule has 2 aliphatic heterocycles. The smallest absolute Gasteiger partial charge is 0.339 e. The van der Waals surface area contributed by atoms with Crippen LogP contribution in [0.5, 0.6) is 0 Å². The van der Waals surface area contributed by atoms with Crippen LogP contribution in [0, 0.1) is 5.92 Å². The Kier molecular flexibility index (Phi) is 10.6. The maximum atomic E-state index is 13.5. The van der Waals surface area contributed by atoms with Crippen molar-refractivity contribution in [1.82, 2.24) is 14.9 Å². The van der Waals surface area contributed by atoms with E-state index >= 15 is 0 Å². The van der Waals surface area contributed by atoms with Crippen molar-refractivity contribution in [3.63, 3.8) is 0 Å². The van der Waals surface area contributed by atoms with Crippen molar-refractivity contribution in [2.45, 2.75) is 31.9 Å². The van der Waals surface area contributed by atoms with E-state index in [4.69, 9.17) is 16.4 Å². The number of piperidine rings is 1. The number of halogens is 4. The normalized spacial score (nSPS) is 15.5. The van der Waals surface area contributed by atoms with Crippen LogP contribution < -0.4 is 21.3 Å². The van der Waals surface area contributed by atoms with Crippen molar-refractivity contribution < 1.29 is 27.6 Å². The lowest BCUT2D eigenvalue weighted by molar-refractivity contribution is -0.156. The van der Waals surface area contributed by atoms with Gasteiger partial charge < -0.3 is 26.2 Å². The van der Waals surface area contributed by atoms with Crippen LogP contribution in [0.15, 0.2) is 79.0 Å². The van der Waals surface area contributed by atoms with E-state index in [2.05, 4.69) is 43.4 Å². The first-order valence-corrected chi connectivity index (χ1v) is 15.2. The summed E-state index contributed by atoms with van der Waals surface area (Å²) >= 11 is 6.39. The maximum Gasteiger partial charge on any atom is 0.446 e. The number of aryl methyl sites for hydroxylation is 2. The van der Waals surface area contributed by atoms with Crippen LogP contribution in [0.2, 0.25) is 5.02 Å². The number of urea groups is 1. The van der Waals surface area contributed by atoms with Crippen LogP contribution in [0.1, 0.15) is 24.0 Å². The second-order valence-corrected chi connectivity index (χ2v) is 11.3. The number of hydrogen-bond acceptors (Lipinski definition) is 7. The first-order chi connectivity index (χ1) is 22.6. The number of hydrogen-bond donors (Lipinski definition) is 4. The Hall–Kier alpha value is -5.17. The minimum atomic E-state index is -4.64. The van der Waals surface area contributed by atoms with Crippen LogP contribution in [0.4, 0.5) is 52.5 Å². The number of nitrogens with one attached hydrogen (secondary N) is 4. The zero-order valence-electron chi connectivity index (χ0n) is 25.0. The minimum Gasteiger partial charge on any atom is -0.339 e. The van der Waals surface area contributed by atoms with Crippen molar-refractivity contribution in [2.75, 3.05) is 34.4 Å². The Morgan fingerprint density at radius 3 is 2.49 bits per heavy atom. The van der Waals surface area contributed by atoms with Crippen LogP contribution in [0.3, 0.4) is 0 Å². The van der Waals surface area contributed by atoms with E-state index in [1.54, 1.807) is 11.1 Å². The van der Waals surface area contributed by atoms with Gasteiger partial charge >= 0.3 is 12.2 Å². The number of nitrogens with zero attached hydrogens (tertiary/aromatic N) is 3. The van der Waals surface area contributed by atoms with Crippen LogP contribution in [0.25, 0.3) is 0 Å². The summed E-state index contributed by atoms with van der Waals surface area (Å²) in [5, 5.41) is 13.0. The summed E-state index contributed by atoms with van der Waals surface area (Å²) in [5.74, 6) is 0.539. The van der Waals surface area contributed by atoms with E-state index in [0.717, 1.165) is 53.1 Å². The third-order valence-corrected chi connectivity index (χ3v) is 7.75. The van der Waals surface area contributed by atoms with Gasteiger partial charge in [0.2, 0.25) is 18.1 Å². The van der Waals surface area contributed by atoms with Gasteiger partial charge in [0.1, 0.15) is 5.02 Å². The molecule has 1 aromatic heterocycles. The number of anilines is 6. The third-order valence-electron chi connectivity index (χ3n) is 7.47. The zero-order valence-corrected chi connectivity index (χ0v) is 25.7. The number of carbonyl (C=O) groups excluding carboxylic acids is 3. The molecule has 47 heavy (non-hydrogen) atoms. The molecule has 6 rings (SSSR count). The number of alkyl halides is 3. The molecule has 0 spiro atoms. The lowest BCUT2D eigenvalue weighted by Crippen LogP contribution is -2.45. The van der Waals surface area contributed by atoms with Gasteiger partial charge in [-0.05, 0) is 79.3 Å². The molecule has 3 heterocycles. The zero-order chi connectivity index (χ0) is 33.4. The Labute approximate surface area is 273 Å². The molecule has 0 saturated carbocycles. The second-order valence-electron chi connectivity index (χ2n) is 10.9. The highest BCUT2D eigenvalue weighted by Gasteiger charge is 2.29. The van der Waals surface area contributed by atoms with Gasteiger partial charge in [0, 0.05) is 35.8 Å². The van der Waals surface area contributed by atoms with Gasteiger partial charge in [-0.15, -0.1) is 0 Å². The van der Waals surface area contributed by atoms with Crippen LogP contribution in [-0.2, 0) is 22.4 Å². The molecule has 1 saturated heterocycles. The van der Waals surface area contributed by atoms with Crippen molar-refractivity contribution in [3.05, 3.63) is 95.1 Å². The number of rotatable bonds is 3. The molecule has 14 heteroatoms. The number of amides is 3. The van der Waals surface area contributed by atoms with E-state index in [1.807, 2.05) is 60.7 Å². The van der Waals surface area contributed by atoms with E-state index < -0.39 is 12.5 Å². The molecule has 2 aliphatic rings. The quantitative estimate of drug-likeness (QED) is 0.169. The molecule has 1 fully saturated rings. The van der Waals surface area contributed by atoms with Gasteiger partial charge in [-0.2, -0.15) is 18.2 Å². The van der Waals surface area contributed by atoms with Gasteiger partial charge in [-0.25, -0.2) is 9.78 Å². The van der Waals surface area contributed by atoms with Gasteiger partial charge in [0.15, 0.2) is 5.82 Å². The molecule has 6 bridgehead atoms. The molecular formula is C33H31ClF3N7O3. The second kappa shape index (κ2) is 14.9. The lowest BCUT2D eigenvalue weighted by Gasteiger charge is -2.32. The summed E-state index contributed by atoms with van der Waals surface area (Å²) in [4.78, 5) is 45.6. The minimum absolute atomic E-state index is 0.0863. The molecule has 3 amide bonds. The van der Waals surface area contributed by atoms with E-state index in [0.29, 0.717) is 36.3 Å². The Morgan fingerprint density at radius 2 is 1.72 bits per heavy atom. The molecule has 10 nitrogen and oxygen atoms in total. The van der Waals surface area contributed by atoms with Gasteiger partial charge in [-0.3, -0.25) is 9.59 Å². The Balaban J connectivity index is 0.000000662. The van der Waals surface area contributed by atoms with E-state index in [1.165, 1.54) is 0 Å². The SMILES string of the molecule is O=C(Nc1ccc2cc1CCc1cccc(c1)Nc1ncc(Cl)c(n1)N2)C1CCCN(C(=O)Nc2ccccc2)C1.O=CC(F)(F)F. The molecule has 244 valence electrons. The number of fused-ring (bicyclic) bond motifs is 6. The summed E-state index contributed by atoms with van der Waals surface area (Å²) in [6.07, 6.45) is -1.16. The number of benzene rings is 3. The first-order valence-electron chi connectivity index (χ1n) is 14.8.